The van der Waals surface area contributed by atoms with Crippen LogP contribution >= 0.6 is 11.6 Å². The molecule has 2 aromatic rings. The van der Waals surface area contributed by atoms with Gasteiger partial charge in [0.2, 0.25) is 0 Å². The summed E-state index contributed by atoms with van der Waals surface area (Å²) in [6.45, 7) is 9.81. The van der Waals surface area contributed by atoms with Gasteiger partial charge >= 0.3 is 0 Å². The van der Waals surface area contributed by atoms with Crippen molar-refractivity contribution >= 4 is 11.6 Å². The van der Waals surface area contributed by atoms with E-state index in [9.17, 15) is 0 Å². The summed E-state index contributed by atoms with van der Waals surface area (Å²) in [4.78, 5) is 7.35. The molecule has 2 aliphatic rings. The lowest BCUT2D eigenvalue weighted by molar-refractivity contribution is 0.182. The van der Waals surface area contributed by atoms with Crippen LogP contribution in [-0.2, 0) is 13.1 Å². The second-order valence-electron chi connectivity index (χ2n) is 8.35. The van der Waals surface area contributed by atoms with Gasteiger partial charge in [0.25, 0.3) is 0 Å². The van der Waals surface area contributed by atoms with E-state index in [1.54, 1.807) is 0 Å². The molecule has 4 rings (SSSR count). The average Bonchev–Trinajstić information content (AvgIpc) is 3.16. The van der Waals surface area contributed by atoms with Crippen LogP contribution in [0.25, 0.3) is 0 Å². The molecule has 0 bridgehead atoms. The lowest BCUT2D eigenvalue weighted by Gasteiger charge is -2.31. The highest BCUT2D eigenvalue weighted by molar-refractivity contribution is 6.30. The standard InChI is InChI=1S/C22H31ClN4/c1-3-26-12-11-25-21(26)16-27(20-14-22(20)7-9-24-10-8-22)15-17(2)18-5-4-6-19(23)13-18/h4-6,11-13,17,20,24H,3,7-10,14-16H2,1-2H3. The van der Waals surface area contributed by atoms with Gasteiger partial charge in [-0.25, -0.2) is 4.98 Å². The van der Waals surface area contributed by atoms with E-state index < -0.39 is 0 Å². The molecule has 1 aromatic carbocycles. The van der Waals surface area contributed by atoms with Gasteiger partial charge in [-0.2, -0.15) is 0 Å². The van der Waals surface area contributed by atoms with Crippen molar-refractivity contribution < 1.29 is 0 Å². The van der Waals surface area contributed by atoms with Crippen molar-refractivity contribution in [2.24, 2.45) is 5.41 Å². The lowest BCUT2D eigenvalue weighted by Crippen LogP contribution is -2.38. The van der Waals surface area contributed by atoms with Crippen molar-refractivity contribution in [2.45, 2.75) is 58.2 Å². The third kappa shape index (κ3) is 4.08. The van der Waals surface area contributed by atoms with Gasteiger partial charge < -0.3 is 9.88 Å². The number of hydrogen-bond donors (Lipinski definition) is 1. The Balaban J connectivity index is 1.52. The van der Waals surface area contributed by atoms with Gasteiger partial charge in [-0.15, -0.1) is 0 Å². The SMILES string of the molecule is CCn1ccnc1CN(CC(C)c1cccc(Cl)c1)C1CC12CCNCC2. The van der Waals surface area contributed by atoms with Crippen molar-refractivity contribution in [1.82, 2.24) is 19.8 Å². The lowest BCUT2D eigenvalue weighted by atomic mass is 9.93. The molecule has 0 amide bonds. The van der Waals surface area contributed by atoms with Gasteiger partial charge in [0, 0.05) is 36.5 Å². The molecule has 1 saturated carbocycles. The quantitative estimate of drug-likeness (QED) is 0.769. The maximum absolute atomic E-state index is 6.24. The largest absolute Gasteiger partial charge is 0.334 e. The Morgan fingerprint density at radius 3 is 2.93 bits per heavy atom. The Morgan fingerprint density at radius 1 is 1.37 bits per heavy atom. The number of aryl methyl sites for hydroxylation is 1. The number of piperidine rings is 1. The first-order chi connectivity index (χ1) is 13.1. The maximum atomic E-state index is 6.24. The van der Waals surface area contributed by atoms with Crippen molar-refractivity contribution in [1.29, 1.82) is 0 Å². The summed E-state index contributed by atoms with van der Waals surface area (Å²) in [7, 11) is 0. The zero-order chi connectivity index (χ0) is 18.9. The molecule has 1 aliphatic carbocycles. The van der Waals surface area contributed by atoms with Gasteiger partial charge in [-0.1, -0.05) is 30.7 Å². The summed E-state index contributed by atoms with van der Waals surface area (Å²) >= 11 is 6.24. The first-order valence-electron chi connectivity index (χ1n) is 10.3. The molecule has 1 aliphatic heterocycles. The summed E-state index contributed by atoms with van der Waals surface area (Å²) in [6, 6.07) is 9.02. The zero-order valence-electron chi connectivity index (χ0n) is 16.5. The third-order valence-corrected chi connectivity index (χ3v) is 6.83. The monoisotopic (exact) mass is 386 g/mol. The third-order valence-electron chi connectivity index (χ3n) is 6.60. The Bertz CT molecular complexity index is 765. The first kappa shape index (κ1) is 19.0. The first-order valence-corrected chi connectivity index (χ1v) is 10.7. The van der Waals surface area contributed by atoms with E-state index in [0.717, 1.165) is 37.7 Å². The number of imidazole rings is 1. The number of rotatable bonds is 7. The average molecular weight is 387 g/mol. The second-order valence-corrected chi connectivity index (χ2v) is 8.78. The summed E-state index contributed by atoms with van der Waals surface area (Å²) in [5, 5.41) is 4.35. The molecule has 2 atom stereocenters. The summed E-state index contributed by atoms with van der Waals surface area (Å²) in [5.74, 6) is 1.64. The molecule has 1 aromatic heterocycles. The van der Waals surface area contributed by atoms with E-state index in [0.29, 0.717) is 17.4 Å². The van der Waals surface area contributed by atoms with Crippen LogP contribution in [0.4, 0.5) is 0 Å². The number of aromatic nitrogens is 2. The second kappa shape index (κ2) is 7.94. The van der Waals surface area contributed by atoms with E-state index in [2.05, 4.69) is 58.0 Å². The van der Waals surface area contributed by atoms with Gasteiger partial charge in [-0.05, 0) is 68.3 Å². The van der Waals surface area contributed by atoms with E-state index in [1.165, 1.54) is 30.7 Å². The van der Waals surface area contributed by atoms with Crippen LogP contribution in [-0.4, -0.2) is 40.1 Å². The molecule has 2 fully saturated rings. The fraction of sp³-hybridized carbons (Fsp3) is 0.591. The number of hydrogen-bond acceptors (Lipinski definition) is 3. The summed E-state index contributed by atoms with van der Waals surface area (Å²) in [5.41, 5.74) is 1.86. The Hall–Kier alpha value is -1.36. The molecule has 146 valence electrons. The normalized spacial score (nSPS) is 22.3. The van der Waals surface area contributed by atoms with Crippen molar-refractivity contribution in [3.63, 3.8) is 0 Å². The predicted molar refractivity (Wildman–Crippen MR) is 111 cm³/mol. The molecule has 1 N–H and O–H groups in total. The Kier molecular flexibility index (Phi) is 5.58. The van der Waals surface area contributed by atoms with Gasteiger partial charge in [0.05, 0.1) is 6.54 Å². The molecular formula is C22H31ClN4. The van der Waals surface area contributed by atoms with Crippen LogP contribution < -0.4 is 5.32 Å². The van der Waals surface area contributed by atoms with Crippen molar-refractivity contribution in [2.75, 3.05) is 19.6 Å². The van der Waals surface area contributed by atoms with Crippen LogP contribution in [0, 0.1) is 5.41 Å². The zero-order valence-corrected chi connectivity index (χ0v) is 17.3. The molecule has 2 unspecified atom stereocenters. The van der Waals surface area contributed by atoms with Crippen LogP contribution in [0.5, 0.6) is 0 Å². The predicted octanol–water partition coefficient (Wildman–Crippen LogP) is 4.30. The minimum atomic E-state index is 0.452. The van der Waals surface area contributed by atoms with Crippen LogP contribution in [0.1, 0.15) is 50.4 Å². The molecule has 2 heterocycles. The molecular weight excluding hydrogens is 356 g/mol. The Morgan fingerprint density at radius 2 is 2.19 bits per heavy atom. The highest BCUT2D eigenvalue weighted by Gasteiger charge is 2.56. The Labute approximate surface area is 167 Å². The minimum absolute atomic E-state index is 0.452. The van der Waals surface area contributed by atoms with Crippen molar-refractivity contribution in [3.8, 4) is 0 Å². The van der Waals surface area contributed by atoms with Gasteiger partial charge in [-0.3, -0.25) is 4.90 Å². The number of nitrogens with one attached hydrogen (secondary N) is 1. The van der Waals surface area contributed by atoms with Crippen LogP contribution in [0.2, 0.25) is 5.02 Å². The molecule has 5 heteroatoms. The van der Waals surface area contributed by atoms with Crippen molar-refractivity contribution in [3.05, 3.63) is 53.1 Å². The highest BCUT2D eigenvalue weighted by atomic mass is 35.5. The van der Waals surface area contributed by atoms with Gasteiger partial charge in [0.1, 0.15) is 5.82 Å². The molecule has 27 heavy (non-hydrogen) atoms. The maximum Gasteiger partial charge on any atom is 0.122 e. The minimum Gasteiger partial charge on any atom is -0.334 e. The number of nitrogens with zero attached hydrogens (tertiary/aromatic N) is 3. The van der Waals surface area contributed by atoms with E-state index in [-0.39, 0.29) is 0 Å². The number of benzene rings is 1. The van der Waals surface area contributed by atoms with Crippen LogP contribution in [0.15, 0.2) is 36.7 Å². The fourth-order valence-electron chi connectivity index (χ4n) is 4.84. The summed E-state index contributed by atoms with van der Waals surface area (Å²) < 4.78 is 2.27. The smallest absolute Gasteiger partial charge is 0.122 e. The number of halogens is 1. The van der Waals surface area contributed by atoms with E-state index in [4.69, 9.17) is 11.6 Å². The van der Waals surface area contributed by atoms with Gasteiger partial charge in [0.15, 0.2) is 0 Å². The van der Waals surface area contributed by atoms with E-state index in [1.807, 2.05) is 12.3 Å². The molecule has 1 saturated heterocycles. The van der Waals surface area contributed by atoms with E-state index >= 15 is 0 Å². The topological polar surface area (TPSA) is 33.1 Å². The van der Waals surface area contributed by atoms with Crippen LogP contribution in [0.3, 0.4) is 0 Å². The molecule has 4 nitrogen and oxygen atoms in total. The highest BCUT2D eigenvalue weighted by Crippen LogP contribution is 2.56. The summed E-state index contributed by atoms with van der Waals surface area (Å²) in [6.07, 6.45) is 7.99. The molecule has 1 spiro atoms. The fourth-order valence-corrected chi connectivity index (χ4v) is 5.04. The molecule has 0 radical (unpaired) electrons.